The fourth-order valence-electron chi connectivity index (χ4n) is 3.27. The summed E-state index contributed by atoms with van der Waals surface area (Å²) < 4.78 is 16.1. The molecule has 33 heavy (non-hydrogen) atoms. The Morgan fingerprint density at radius 2 is 1.94 bits per heavy atom. The van der Waals surface area contributed by atoms with Crippen LogP contribution in [0.15, 0.2) is 68.9 Å². The molecule has 0 spiro atoms. The van der Waals surface area contributed by atoms with Gasteiger partial charge in [0, 0.05) is 11.6 Å². The van der Waals surface area contributed by atoms with Gasteiger partial charge < -0.3 is 19.2 Å². The van der Waals surface area contributed by atoms with Gasteiger partial charge in [0.2, 0.25) is 0 Å². The van der Waals surface area contributed by atoms with E-state index in [0.717, 1.165) is 16.9 Å². The molecule has 0 atom stereocenters. The number of nitrogens with zero attached hydrogens (tertiary/aromatic N) is 1. The van der Waals surface area contributed by atoms with E-state index in [1.165, 1.54) is 18.9 Å². The second-order valence-electron chi connectivity index (χ2n) is 7.13. The van der Waals surface area contributed by atoms with E-state index in [2.05, 4.69) is 10.3 Å². The molecule has 8 heteroatoms. The molecule has 1 N–H and O–H groups in total. The average Bonchev–Trinajstić information content (AvgIpc) is 3.41. The highest BCUT2D eigenvalue weighted by atomic mass is 32.2. The summed E-state index contributed by atoms with van der Waals surface area (Å²) in [4.78, 5) is 29.1. The number of hydrogen-bond acceptors (Lipinski definition) is 7. The highest BCUT2D eigenvalue weighted by Crippen LogP contribution is 2.31. The molecule has 1 saturated heterocycles. The summed E-state index contributed by atoms with van der Waals surface area (Å²) in [6, 6.07) is 16.2. The van der Waals surface area contributed by atoms with E-state index in [4.69, 9.17) is 13.9 Å². The van der Waals surface area contributed by atoms with Gasteiger partial charge in [0.25, 0.3) is 5.91 Å². The number of benzene rings is 2. The van der Waals surface area contributed by atoms with E-state index in [1.54, 1.807) is 24.3 Å². The lowest BCUT2D eigenvalue weighted by atomic mass is 10.0. The van der Waals surface area contributed by atoms with Crippen molar-refractivity contribution < 1.29 is 23.5 Å². The first kappa shape index (κ1) is 22.4. The van der Waals surface area contributed by atoms with Gasteiger partial charge in [-0.1, -0.05) is 6.07 Å². The topological polar surface area (TPSA) is 90.1 Å². The molecule has 1 fully saturated rings. The standard InChI is InChI=1S/C25H22N2O5S/c1-4-31-18-8-6-17(7-9-18)26-25-27-23(28)22(33-25)14-19-10-12-21(32-19)20-11-5-16(13-15(20)2)24(29)30-3/h5-14H,4H2,1-3H3,(H,26,27,28)/b22-14+. The number of carbonyl (C=O) groups is 2. The monoisotopic (exact) mass is 462 g/mol. The second-order valence-corrected chi connectivity index (χ2v) is 8.16. The number of nitrogens with one attached hydrogen (secondary N) is 1. The van der Waals surface area contributed by atoms with Crippen molar-refractivity contribution in [2.24, 2.45) is 4.99 Å². The zero-order valence-electron chi connectivity index (χ0n) is 18.4. The van der Waals surface area contributed by atoms with Crippen molar-refractivity contribution in [3.05, 3.63) is 76.4 Å². The Hall–Kier alpha value is -3.78. The van der Waals surface area contributed by atoms with E-state index in [9.17, 15) is 9.59 Å². The van der Waals surface area contributed by atoms with Gasteiger partial charge in [-0.3, -0.25) is 4.79 Å². The molecule has 0 bridgehead atoms. The van der Waals surface area contributed by atoms with Crippen LogP contribution in [0.2, 0.25) is 0 Å². The van der Waals surface area contributed by atoms with Gasteiger partial charge in [-0.2, -0.15) is 0 Å². The minimum absolute atomic E-state index is 0.235. The van der Waals surface area contributed by atoms with Crippen LogP contribution in [0.4, 0.5) is 5.69 Å². The third-order valence-corrected chi connectivity index (χ3v) is 5.75. The van der Waals surface area contributed by atoms with Crippen molar-refractivity contribution in [1.82, 2.24) is 5.32 Å². The summed E-state index contributed by atoms with van der Waals surface area (Å²) in [5.41, 5.74) is 2.93. The number of furan rings is 1. The van der Waals surface area contributed by atoms with Crippen LogP contribution in [0.25, 0.3) is 17.4 Å². The summed E-state index contributed by atoms with van der Waals surface area (Å²) in [6.07, 6.45) is 1.68. The van der Waals surface area contributed by atoms with Crippen LogP contribution in [0, 0.1) is 6.92 Å². The number of aryl methyl sites for hydroxylation is 1. The van der Waals surface area contributed by atoms with Crippen LogP contribution in [0.3, 0.4) is 0 Å². The molecule has 1 aliphatic heterocycles. The van der Waals surface area contributed by atoms with E-state index in [1.807, 2.05) is 50.2 Å². The summed E-state index contributed by atoms with van der Waals surface area (Å²) in [5, 5.41) is 3.27. The molecular weight excluding hydrogens is 440 g/mol. The van der Waals surface area contributed by atoms with Crippen LogP contribution in [-0.2, 0) is 9.53 Å². The molecule has 7 nitrogen and oxygen atoms in total. The number of ether oxygens (including phenoxy) is 2. The Balaban J connectivity index is 1.50. The van der Waals surface area contributed by atoms with Crippen LogP contribution >= 0.6 is 11.8 Å². The van der Waals surface area contributed by atoms with Gasteiger partial charge >= 0.3 is 5.97 Å². The number of amides is 1. The molecule has 1 aliphatic rings. The summed E-state index contributed by atoms with van der Waals surface area (Å²) in [6.45, 7) is 4.42. The van der Waals surface area contributed by atoms with Gasteiger partial charge in [0.1, 0.15) is 17.3 Å². The predicted octanol–water partition coefficient (Wildman–Crippen LogP) is 5.33. The lowest BCUT2D eigenvalue weighted by Crippen LogP contribution is -2.19. The maximum atomic E-state index is 12.4. The predicted molar refractivity (Wildman–Crippen MR) is 129 cm³/mol. The number of rotatable bonds is 6. The molecular formula is C25H22N2O5S. The van der Waals surface area contributed by atoms with E-state index < -0.39 is 0 Å². The van der Waals surface area contributed by atoms with Gasteiger partial charge in [-0.15, -0.1) is 0 Å². The normalized spacial score (nSPS) is 15.7. The average molecular weight is 463 g/mol. The first-order valence-electron chi connectivity index (χ1n) is 10.3. The second kappa shape index (κ2) is 9.79. The first-order chi connectivity index (χ1) is 16.0. The number of carbonyl (C=O) groups excluding carboxylic acids is 2. The highest BCUT2D eigenvalue weighted by Gasteiger charge is 2.24. The molecule has 4 rings (SSSR count). The SMILES string of the molecule is CCOc1ccc(N=C2NC(=O)/C(=C\c3ccc(-c4ccc(C(=O)OC)cc4C)o3)S2)cc1. The highest BCUT2D eigenvalue weighted by molar-refractivity contribution is 8.18. The molecule has 1 amide bonds. The van der Waals surface area contributed by atoms with Gasteiger partial charge in [-0.25, -0.2) is 9.79 Å². The van der Waals surface area contributed by atoms with Crippen molar-refractivity contribution in [2.75, 3.05) is 13.7 Å². The molecule has 2 heterocycles. The lowest BCUT2D eigenvalue weighted by Gasteiger charge is -2.05. The molecule has 2 aromatic carbocycles. The number of thioether (sulfide) groups is 1. The number of methoxy groups -OCH3 is 1. The summed E-state index contributed by atoms with van der Waals surface area (Å²) in [7, 11) is 1.35. The zero-order valence-corrected chi connectivity index (χ0v) is 19.2. The minimum atomic E-state index is -0.388. The molecule has 0 saturated carbocycles. The third kappa shape index (κ3) is 5.18. The summed E-state index contributed by atoms with van der Waals surface area (Å²) in [5.74, 6) is 1.33. The van der Waals surface area contributed by atoms with Crippen molar-refractivity contribution in [1.29, 1.82) is 0 Å². The van der Waals surface area contributed by atoms with E-state index in [0.29, 0.717) is 39.5 Å². The van der Waals surface area contributed by atoms with E-state index in [-0.39, 0.29) is 11.9 Å². The maximum absolute atomic E-state index is 12.4. The van der Waals surface area contributed by atoms with Crippen LogP contribution in [0.1, 0.15) is 28.6 Å². The molecule has 168 valence electrons. The first-order valence-corrected chi connectivity index (χ1v) is 11.1. The minimum Gasteiger partial charge on any atom is -0.494 e. The molecule has 0 aliphatic carbocycles. The maximum Gasteiger partial charge on any atom is 0.337 e. The quantitative estimate of drug-likeness (QED) is 0.393. The molecule has 3 aromatic rings. The van der Waals surface area contributed by atoms with Gasteiger partial charge in [-0.05, 0) is 79.7 Å². The number of hydrogen-bond donors (Lipinski definition) is 1. The smallest absolute Gasteiger partial charge is 0.337 e. The van der Waals surface area contributed by atoms with Crippen LogP contribution < -0.4 is 10.1 Å². The number of amidine groups is 1. The Morgan fingerprint density at radius 3 is 2.64 bits per heavy atom. The number of esters is 1. The Kier molecular flexibility index (Phi) is 6.65. The van der Waals surface area contributed by atoms with Gasteiger partial charge in [0.05, 0.1) is 29.9 Å². The van der Waals surface area contributed by atoms with Crippen molar-refractivity contribution in [3.8, 4) is 17.1 Å². The van der Waals surface area contributed by atoms with Gasteiger partial charge in [0.15, 0.2) is 5.17 Å². The lowest BCUT2D eigenvalue weighted by molar-refractivity contribution is -0.115. The van der Waals surface area contributed by atoms with Crippen molar-refractivity contribution in [3.63, 3.8) is 0 Å². The number of aliphatic imine (C=N–C) groups is 1. The molecule has 1 aromatic heterocycles. The Labute approximate surface area is 195 Å². The fraction of sp³-hybridized carbons (Fsp3) is 0.160. The Bertz CT molecular complexity index is 1260. The fourth-order valence-corrected chi connectivity index (χ4v) is 4.09. The van der Waals surface area contributed by atoms with Crippen molar-refractivity contribution in [2.45, 2.75) is 13.8 Å². The zero-order chi connectivity index (χ0) is 23.4. The molecule has 0 unspecified atom stereocenters. The summed E-state index contributed by atoms with van der Waals surface area (Å²) >= 11 is 1.25. The Morgan fingerprint density at radius 1 is 1.15 bits per heavy atom. The third-order valence-electron chi connectivity index (χ3n) is 4.84. The van der Waals surface area contributed by atoms with Crippen LogP contribution in [-0.4, -0.2) is 30.8 Å². The molecule has 0 radical (unpaired) electrons. The largest absolute Gasteiger partial charge is 0.494 e. The van der Waals surface area contributed by atoms with Crippen molar-refractivity contribution >= 4 is 40.6 Å². The van der Waals surface area contributed by atoms with E-state index >= 15 is 0 Å². The van der Waals surface area contributed by atoms with Crippen LogP contribution in [0.5, 0.6) is 5.75 Å².